The topological polar surface area (TPSA) is 52.6 Å². The molecule has 1 aliphatic rings. The molecule has 4 heteroatoms. The van der Waals surface area contributed by atoms with Crippen molar-refractivity contribution in [3.8, 4) is 0 Å². The number of aliphatic hydroxyl groups is 1. The summed E-state index contributed by atoms with van der Waals surface area (Å²) in [6, 6.07) is -0.0120. The van der Waals surface area contributed by atoms with Crippen LogP contribution in [0, 0.1) is 5.41 Å². The van der Waals surface area contributed by atoms with E-state index in [1.165, 1.54) is 0 Å². The molecular weight excluding hydrogens is 204 g/mol. The lowest BCUT2D eigenvalue weighted by atomic mass is 9.93. The molecule has 94 valence electrons. The number of hydrogen-bond donors (Lipinski definition) is 2. The lowest BCUT2D eigenvalue weighted by Gasteiger charge is -2.32. The third kappa shape index (κ3) is 3.19. The number of hydrogen-bond acceptors (Lipinski definition) is 3. The van der Waals surface area contributed by atoms with Crippen LogP contribution < -0.4 is 5.32 Å². The van der Waals surface area contributed by atoms with Crippen LogP contribution in [0.5, 0.6) is 0 Å². The minimum Gasteiger partial charge on any atom is -0.396 e. The van der Waals surface area contributed by atoms with Gasteiger partial charge in [-0.25, -0.2) is 0 Å². The summed E-state index contributed by atoms with van der Waals surface area (Å²) in [5.41, 5.74) is 0.0874. The van der Waals surface area contributed by atoms with E-state index in [9.17, 15) is 4.79 Å². The van der Waals surface area contributed by atoms with Crippen molar-refractivity contribution in [1.29, 1.82) is 0 Å². The largest absolute Gasteiger partial charge is 0.396 e. The molecule has 1 amide bonds. The standard InChI is InChI=1S/C12H24N2O2/c1-9(2)14-8-12(3,4)7-13-10(5-6-15)11(14)16/h9-10,13,15H,5-8H2,1-4H3. The second-order valence-electron chi connectivity index (χ2n) is 5.67. The Hall–Kier alpha value is -0.610. The van der Waals surface area contributed by atoms with Crippen molar-refractivity contribution >= 4 is 5.91 Å². The van der Waals surface area contributed by atoms with Gasteiger partial charge in [-0.2, -0.15) is 0 Å². The molecule has 0 aromatic carbocycles. The number of carbonyl (C=O) groups is 1. The Balaban J connectivity index is 2.84. The van der Waals surface area contributed by atoms with Gasteiger partial charge in [-0.15, -0.1) is 0 Å². The SMILES string of the molecule is CC(C)N1CC(C)(C)CNC(CCO)C1=O. The van der Waals surface area contributed by atoms with Gasteiger partial charge in [0.2, 0.25) is 5.91 Å². The van der Waals surface area contributed by atoms with Crippen molar-refractivity contribution in [2.75, 3.05) is 19.7 Å². The molecule has 0 saturated carbocycles. The van der Waals surface area contributed by atoms with E-state index in [1.807, 2.05) is 18.7 Å². The van der Waals surface area contributed by atoms with Gasteiger partial charge in [-0.05, 0) is 25.7 Å². The minimum atomic E-state index is -0.228. The molecule has 1 fully saturated rings. The summed E-state index contributed by atoms with van der Waals surface area (Å²) in [5.74, 6) is 0.120. The van der Waals surface area contributed by atoms with E-state index < -0.39 is 0 Å². The molecule has 0 bridgehead atoms. The molecule has 0 aliphatic carbocycles. The average Bonchev–Trinajstić information content (AvgIpc) is 2.29. The Labute approximate surface area is 98.0 Å². The minimum absolute atomic E-state index is 0.0514. The Morgan fingerprint density at radius 2 is 2.19 bits per heavy atom. The highest BCUT2D eigenvalue weighted by Gasteiger charge is 2.34. The first-order valence-electron chi connectivity index (χ1n) is 6.02. The quantitative estimate of drug-likeness (QED) is 0.744. The van der Waals surface area contributed by atoms with Crippen LogP contribution in [0.25, 0.3) is 0 Å². The summed E-state index contributed by atoms with van der Waals surface area (Å²) >= 11 is 0. The van der Waals surface area contributed by atoms with Crippen LogP contribution in [0.2, 0.25) is 0 Å². The summed E-state index contributed by atoms with van der Waals surface area (Å²) in [6.45, 7) is 10.0. The normalized spacial score (nSPS) is 26.0. The first kappa shape index (κ1) is 13.5. The predicted octanol–water partition coefficient (Wildman–Crippen LogP) is 0.604. The molecule has 0 spiro atoms. The van der Waals surface area contributed by atoms with Crippen LogP contribution in [0.15, 0.2) is 0 Å². The maximum atomic E-state index is 12.2. The molecule has 1 atom stereocenters. The second kappa shape index (κ2) is 5.15. The Bertz CT molecular complexity index is 251. The van der Waals surface area contributed by atoms with Gasteiger partial charge in [0.1, 0.15) is 0 Å². The van der Waals surface area contributed by atoms with Crippen LogP contribution in [-0.2, 0) is 4.79 Å². The first-order valence-corrected chi connectivity index (χ1v) is 6.02. The summed E-state index contributed by atoms with van der Waals surface area (Å²) in [6.07, 6.45) is 0.498. The molecular formula is C12H24N2O2. The fourth-order valence-corrected chi connectivity index (χ4v) is 2.07. The zero-order valence-electron chi connectivity index (χ0n) is 10.8. The molecule has 16 heavy (non-hydrogen) atoms. The summed E-state index contributed by atoms with van der Waals surface area (Å²) < 4.78 is 0. The van der Waals surface area contributed by atoms with Gasteiger partial charge >= 0.3 is 0 Å². The van der Waals surface area contributed by atoms with E-state index >= 15 is 0 Å². The molecule has 0 aromatic heterocycles. The maximum Gasteiger partial charge on any atom is 0.240 e. The summed E-state index contributed by atoms with van der Waals surface area (Å²) in [4.78, 5) is 14.1. The number of nitrogens with one attached hydrogen (secondary N) is 1. The third-order valence-electron chi connectivity index (χ3n) is 3.05. The predicted molar refractivity (Wildman–Crippen MR) is 64.1 cm³/mol. The van der Waals surface area contributed by atoms with Crippen LogP contribution in [0.1, 0.15) is 34.1 Å². The Kier molecular flexibility index (Phi) is 4.33. The van der Waals surface area contributed by atoms with Crippen molar-refractivity contribution in [2.24, 2.45) is 5.41 Å². The highest BCUT2D eigenvalue weighted by molar-refractivity contribution is 5.82. The van der Waals surface area contributed by atoms with Crippen LogP contribution in [0.3, 0.4) is 0 Å². The van der Waals surface area contributed by atoms with Gasteiger partial charge in [0.15, 0.2) is 0 Å². The van der Waals surface area contributed by atoms with Gasteiger partial charge in [0.25, 0.3) is 0 Å². The molecule has 1 heterocycles. The third-order valence-corrected chi connectivity index (χ3v) is 3.05. The van der Waals surface area contributed by atoms with Gasteiger partial charge in [0.05, 0.1) is 6.04 Å². The molecule has 0 radical (unpaired) electrons. The monoisotopic (exact) mass is 228 g/mol. The van der Waals surface area contributed by atoms with Crippen molar-refractivity contribution in [3.05, 3.63) is 0 Å². The Morgan fingerprint density at radius 1 is 1.56 bits per heavy atom. The second-order valence-corrected chi connectivity index (χ2v) is 5.67. The molecule has 1 aliphatic heterocycles. The van der Waals surface area contributed by atoms with E-state index in [2.05, 4.69) is 19.2 Å². The van der Waals surface area contributed by atoms with Gasteiger partial charge in [-0.3, -0.25) is 4.79 Å². The molecule has 1 rings (SSSR count). The molecule has 2 N–H and O–H groups in total. The van der Waals surface area contributed by atoms with E-state index in [1.54, 1.807) is 0 Å². The van der Waals surface area contributed by atoms with Crippen molar-refractivity contribution < 1.29 is 9.90 Å². The summed E-state index contributed by atoms with van der Waals surface area (Å²) in [7, 11) is 0. The molecule has 4 nitrogen and oxygen atoms in total. The van der Waals surface area contributed by atoms with Crippen LogP contribution >= 0.6 is 0 Å². The highest BCUT2D eigenvalue weighted by Crippen LogP contribution is 2.22. The van der Waals surface area contributed by atoms with E-state index in [4.69, 9.17) is 5.11 Å². The number of amides is 1. The van der Waals surface area contributed by atoms with Crippen LogP contribution in [-0.4, -0.2) is 47.7 Å². The average molecular weight is 228 g/mol. The lowest BCUT2D eigenvalue weighted by Crippen LogP contribution is -2.47. The lowest BCUT2D eigenvalue weighted by molar-refractivity contribution is -0.135. The van der Waals surface area contributed by atoms with Gasteiger partial charge in [0, 0.05) is 25.7 Å². The number of aliphatic hydroxyl groups excluding tert-OH is 1. The zero-order valence-corrected chi connectivity index (χ0v) is 10.8. The fourth-order valence-electron chi connectivity index (χ4n) is 2.07. The molecule has 0 aromatic rings. The van der Waals surface area contributed by atoms with E-state index in [-0.39, 0.29) is 30.0 Å². The van der Waals surface area contributed by atoms with Crippen molar-refractivity contribution in [2.45, 2.75) is 46.2 Å². The number of nitrogens with zero attached hydrogens (tertiary/aromatic N) is 1. The summed E-state index contributed by atoms with van der Waals surface area (Å²) in [5, 5.41) is 12.2. The zero-order chi connectivity index (χ0) is 12.3. The van der Waals surface area contributed by atoms with Gasteiger partial charge in [-0.1, -0.05) is 13.8 Å². The fraction of sp³-hybridized carbons (Fsp3) is 0.917. The Morgan fingerprint density at radius 3 is 2.69 bits per heavy atom. The van der Waals surface area contributed by atoms with Gasteiger partial charge < -0.3 is 15.3 Å². The van der Waals surface area contributed by atoms with E-state index in [0.717, 1.165) is 13.1 Å². The van der Waals surface area contributed by atoms with Crippen molar-refractivity contribution in [1.82, 2.24) is 10.2 Å². The molecule has 1 saturated heterocycles. The van der Waals surface area contributed by atoms with E-state index in [0.29, 0.717) is 6.42 Å². The van der Waals surface area contributed by atoms with Crippen molar-refractivity contribution in [3.63, 3.8) is 0 Å². The smallest absolute Gasteiger partial charge is 0.240 e. The number of carbonyl (C=O) groups excluding carboxylic acids is 1. The van der Waals surface area contributed by atoms with Crippen LogP contribution in [0.4, 0.5) is 0 Å². The highest BCUT2D eigenvalue weighted by atomic mass is 16.3. The first-order chi connectivity index (χ1) is 7.37. The molecule has 1 unspecified atom stereocenters. The maximum absolute atomic E-state index is 12.2. The number of rotatable bonds is 3.